The van der Waals surface area contributed by atoms with Gasteiger partial charge in [-0.05, 0) is 24.5 Å². The van der Waals surface area contributed by atoms with Crippen molar-refractivity contribution in [2.75, 3.05) is 5.73 Å². The highest BCUT2D eigenvalue weighted by molar-refractivity contribution is 6.24. The zero-order valence-electron chi connectivity index (χ0n) is 9.17. The Kier molecular flexibility index (Phi) is 2.64. The lowest BCUT2D eigenvalue weighted by atomic mass is 9.97. The number of hydrogen-bond donors (Lipinski definition) is 2. The summed E-state index contributed by atoms with van der Waals surface area (Å²) in [5, 5.41) is 2.28. The van der Waals surface area contributed by atoms with Gasteiger partial charge >= 0.3 is 0 Å². The molecular weight excluding hydrogens is 204 g/mol. The Labute approximate surface area is 93.8 Å². The predicted octanol–water partition coefficient (Wildman–Crippen LogP) is 1.49. The van der Waals surface area contributed by atoms with Crippen LogP contribution in [-0.2, 0) is 6.42 Å². The molecule has 1 heterocycles. The normalized spacial score (nSPS) is 13.8. The second kappa shape index (κ2) is 3.96. The lowest BCUT2D eigenvalue weighted by molar-refractivity contribution is 0.0879. The van der Waals surface area contributed by atoms with Gasteiger partial charge in [0.1, 0.15) is 0 Å². The number of fused-ring (bicyclic) bond motifs is 1. The molecular formula is C12H14N2O2. The molecule has 2 amide bonds. The zero-order valence-corrected chi connectivity index (χ0v) is 9.17. The van der Waals surface area contributed by atoms with E-state index in [2.05, 4.69) is 12.2 Å². The number of nitrogens with two attached hydrogens (primary N) is 1. The monoisotopic (exact) mass is 218 g/mol. The number of nitrogens with one attached hydrogen (secondary N) is 1. The topological polar surface area (TPSA) is 72.2 Å². The first-order chi connectivity index (χ1) is 7.65. The molecule has 0 spiro atoms. The minimum atomic E-state index is -0.379. The largest absolute Gasteiger partial charge is 0.398 e. The molecule has 0 aromatic heterocycles. The standard InChI is InChI=1S/C12H14N2O2/c1-2-3-4-7-5-6-8(13)10-9(7)11(15)14-12(10)16/h5-6H,2-4,13H2,1H3,(H,14,15,16). The van der Waals surface area contributed by atoms with Crippen molar-refractivity contribution in [3.8, 4) is 0 Å². The van der Waals surface area contributed by atoms with Crippen LogP contribution >= 0.6 is 0 Å². The fourth-order valence-corrected chi connectivity index (χ4v) is 1.97. The van der Waals surface area contributed by atoms with Gasteiger partial charge in [-0.3, -0.25) is 14.9 Å². The molecule has 0 saturated carbocycles. The molecule has 16 heavy (non-hydrogen) atoms. The van der Waals surface area contributed by atoms with Crippen molar-refractivity contribution in [1.82, 2.24) is 5.32 Å². The first-order valence-corrected chi connectivity index (χ1v) is 5.42. The quantitative estimate of drug-likeness (QED) is 0.596. The molecule has 2 rings (SSSR count). The fraction of sp³-hybridized carbons (Fsp3) is 0.333. The molecule has 0 radical (unpaired) electrons. The van der Waals surface area contributed by atoms with Crippen LogP contribution in [0.5, 0.6) is 0 Å². The summed E-state index contributed by atoms with van der Waals surface area (Å²) in [5.74, 6) is -0.700. The van der Waals surface area contributed by atoms with Crippen LogP contribution in [-0.4, -0.2) is 11.8 Å². The van der Waals surface area contributed by atoms with Crippen LogP contribution in [0.25, 0.3) is 0 Å². The Balaban J connectivity index is 2.50. The highest BCUT2D eigenvalue weighted by atomic mass is 16.2. The Morgan fingerprint density at radius 1 is 1.19 bits per heavy atom. The highest BCUT2D eigenvalue weighted by Crippen LogP contribution is 2.26. The SMILES string of the molecule is CCCCc1ccc(N)c2c1C(=O)NC2=O. The predicted molar refractivity (Wildman–Crippen MR) is 61.3 cm³/mol. The second-order valence-corrected chi connectivity index (χ2v) is 3.95. The Morgan fingerprint density at radius 2 is 1.88 bits per heavy atom. The van der Waals surface area contributed by atoms with Crippen molar-refractivity contribution in [3.05, 3.63) is 28.8 Å². The molecule has 1 aliphatic rings. The number of unbranched alkanes of at least 4 members (excludes halogenated alkanes) is 1. The van der Waals surface area contributed by atoms with Gasteiger partial charge in [0, 0.05) is 5.69 Å². The zero-order chi connectivity index (χ0) is 11.7. The van der Waals surface area contributed by atoms with E-state index in [0.717, 1.165) is 24.8 Å². The van der Waals surface area contributed by atoms with E-state index in [-0.39, 0.29) is 11.8 Å². The third-order valence-electron chi connectivity index (χ3n) is 2.80. The van der Waals surface area contributed by atoms with E-state index in [0.29, 0.717) is 16.8 Å². The van der Waals surface area contributed by atoms with Gasteiger partial charge in [-0.15, -0.1) is 0 Å². The summed E-state index contributed by atoms with van der Waals surface area (Å²) in [6.07, 6.45) is 2.85. The number of anilines is 1. The summed E-state index contributed by atoms with van der Waals surface area (Å²) in [7, 11) is 0. The maximum Gasteiger partial charge on any atom is 0.261 e. The molecule has 1 aromatic rings. The van der Waals surface area contributed by atoms with Crippen molar-refractivity contribution in [2.24, 2.45) is 0 Å². The van der Waals surface area contributed by atoms with E-state index in [1.807, 2.05) is 6.07 Å². The van der Waals surface area contributed by atoms with E-state index in [9.17, 15) is 9.59 Å². The fourth-order valence-electron chi connectivity index (χ4n) is 1.97. The molecule has 1 aliphatic heterocycles. The number of amides is 2. The molecule has 0 unspecified atom stereocenters. The van der Waals surface area contributed by atoms with Crippen molar-refractivity contribution in [1.29, 1.82) is 0 Å². The smallest absolute Gasteiger partial charge is 0.261 e. The van der Waals surface area contributed by atoms with Crippen LogP contribution < -0.4 is 11.1 Å². The summed E-state index contributed by atoms with van der Waals surface area (Å²) in [6, 6.07) is 3.53. The first-order valence-electron chi connectivity index (χ1n) is 5.42. The number of nitrogen functional groups attached to an aromatic ring is 1. The molecule has 0 atom stereocenters. The van der Waals surface area contributed by atoms with E-state index in [4.69, 9.17) is 5.73 Å². The molecule has 1 aromatic carbocycles. The molecule has 0 aliphatic carbocycles. The van der Waals surface area contributed by atoms with Crippen molar-refractivity contribution in [2.45, 2.75) is 26.2 Å². The number of imide groups is 1. The van der Waals surface area contributed by atoms with Gasteiger partial charge in [0.2, 0.25) is 0 Å². The number of benzene rings is 1. The summed E-state index contributed by atoms with van der Waals surface area (Å²) in [4.78, 5) is 23.1. The summed E-state index contributed by atoms with van der Waals surface area (Å²) < 4.78 is 0. The van der Waals surface area contributed by atoms with Crippen molar-refractivity contribution >= 4 is 17.5 Å². The summed E-state index contributed by atoms with van der Waals surface area (Å²) in [6.45, 7) is 2.09. The van der Waals surface area contributed by atoms with Gasteiger partial charge in [-0.25, -0.2) is 0 Å². The second-order valence-electron chi connectivity index (χ2n) is 3.95. The van der Waals surface area contributed by atoms with Gasteiger partial charge < -0.3 is 5.73 Å². The van der Waals surface area contributed by atoms with E-state index < -0.39 is 0 Å². The van der Waals surface area contributed by atoms with Crippen LogP contribution in [0, 0.1) is 0 Å². The van der Waals surface area contributed by atoms with E-state index in [1.54, 1.807) is 6.07 Å². The van der Waals surface area contributed by atoms with Gasteiger partial charge in [0.25, 0.3) is 11.8 Å². The van der Waals surface area contributed by atoms with Crippen LogP contribution in [0.15, 0.2) is 12.1 Å². The maximum atomic E-state index is 11.6. The minimum absolute atomic E-state index is 0.321. The van der Waals surface area contributed by atoms with Crippen molar-refractivity contribution < 1.29 is 9.59 Å². The van der Waals surface area contributed by atoms with E-state index in [1.165, 1.54) is 0 Å². The Bertz CT molecular complexity index is 466. The van der Waals surface area contributed by atoms with Crippen molar-refractivity contribution in [3.63, 3.8) is 0 Å². The summed E-state index contributed by atoms with van der Waals surface area (Å²) in [5.41, 5.74) is 7.81. The molecule has 4 nitrogen and oxygen atoms in total. The van der Waals surface area contributed by atoms with Gasteiger partial charge in [0.15, 0.2) is 0 Å². The van der Waals surface area contributed by atoms with Gasteiger partial charge in [0.05, 0.1) is 11.1 Å². The Morgan fingerprint density at radius 3 is 2.56 bits per heavy atom. The lowest BCUT2D eigenvalue weighted by Gasteiger charge is -2.06. The summed E-state index contributed by atoms with van der Waals surface area (Å²) >= 11 is 0. The van der Waals surface area contributed by atoms with Gasteiger partial charge in [-0.1, -0.05) is 19.4 Å². The Hall–Kier alpha value is -1.84. The first kappa shape index (κ1) is 10.7. The van der Waals surface area contributed by atoms with E-state index >= 15 is 0 Å². The average Bonchev–Trinajstić information content (AvgIpc) is 2.55. The van der Waals surface area contributed by atoms with Crippen LogP contribution in [0.4, 0.5) is 5.69 Å². The van der Waals surface area contributed by atoms with Gasteiger partial charge in [-0.2, -0.15) is 0 Å². The lowest BCUT2D eigenvalue weighted by Crippen LogP contribution is -2.20. The number of carbonyl (C=O) groups is 2. The van der Waals surface area contributed by atoms with Crippen LogP contribution in [0.2, 0.25) is 0 Å². The van der Waals surface area contributed by atoms with Crippen LogP contribution in [0.1, 0.15) is 46.0 Å². The highest BCUT2D eigenvalue weighted by Gasteiger charge is 2.31. The minimum Gasteiger partial charge on any atom is -0.398 e. The van der Waals surface area contributed by atoms with Crippen LogP contribution in [0.3, 0.4) is 0 Å². The molecule has 4 heteroatoms. The number of hydrogen-bond acceptors (Lipinski definition) is 3. The molecule has 0 bridgehead atoms. The average molecular weight is 218 g/mol. The molecule has 84 valence electrons. The number of carbonyl (C=O) groups excluding carboxylic acids is 2. The molecule has 0 fully saturated rings. The number of aryl methyl sites for hydroxylation is 1. The molecule has 0 saturated heterocycles. The third-order valence-corrected chi connectivity index (χ3v) is 2.80. The molecule has 3 N–H and O–H groups in total. The maximum absolute atomic E-state index is 11.6. The number of rotatable bonds is 3. The third kappa shape index (κ3) is 1.56.